The smallest absolute Gasteiger partial charge is 0.416 e. The molecule has 1 aliphatic heterocycles. The Kier molecular flexibility index (Phi) is 5.53. The van der Waals surface area contributed by atoms with Crippen LogP contribution < -0.4 is 20.1 Å². The summed E-state index contributed by atoms with van der Waals surface area (Å²) in [5, 5.41) is 5.25. The van der Waals surface area contributed by atoms with Crippen LogP contribution in [-0.4, -0.2) is 43.6 Å². The highest BCUT2D eigenvalue weighted by Crippen LogP contribution is 2.34. The van der Waals surface area contributed by atoms with Crippen LogP contribution in [0.2, 0.25) is 0 Å². The fourth-order valence-electron chi connectivity index (χ4n) is 2.77. The van der Waals surface area contributed by atoms with Crippen LogP contribution in [0.1, 0.15) is 5.56 Å². The number of carbonyl (C=O) groups is 2. The van der Waals surface area contributed by atoms with E-state index in [2.05, 4.69) is 10.6 Å². The van der Waals surface area contributed by atoms with E-state index in [0.29, 0.717) is 11.4 Å². The molecule has 1 atom stereocenters. The number of rotatable bonds is 5. The van der Waals surface area contributed by atoms with Gasteiger partial charge in [0.15, 0.2) is 0 Å². The Bertz CT molecular complexity index is 916. The summed E-state index contributed by atoms with van der Waals surface area (Å²) in [5.74, 6) is 0.425. The Labute approximate surface area is 164 Å². The third-order valence-electron chi connectivity index (χ3n) is 4.38. The van der Waals surface area contributed by atoms with E-state index in [9.17, 15) is 22.8 Å². The molecule has 29 heavy (non-hydrogen) atoms. The van der Waals surface area contributed by atoms with E-state index in [1.807, 2.05) is 0 Å². The van der Waals surface area contributed by atoms with Crippen molar-refractivity contribution in [2.45, 2.75) is 12.2 Å². The first-order valence-electron chi connectivity index (χ1n) is 8.53. The SMILES string of the molecule is COc1ccc(Oc2ccc(C(F)(F)F)cc2)cc1NC(=O)[C@H]1CNC(=O)N1C. The first-order valence-corrected chi connectivity index (χ1v) is 8.53. The highest BCUT2D eigenvalue weighted by molar-refractivity contribution is 5.99. The van der Waals surface area contributed by atoms with Crippen LogP contribution in [0.4, 0.5) is 23.7 Å². The van der Waals surface area contributed by atoms with Gasteiger partial charge in [-0.2, -0.15) is 13.2 Å². The van der Waals surface area contributed by atoms with Crippen LogP contribution in [0, 0.1) is 0 Å². The second kappa shape index (κ2) is 7.90. The monoisotopic (exact) mass is 409 g/mol. The Morgan fingerprint density at radius 3 is 2.38 bits per heavy atom. The lowest BCUT2D eigenvalue weighted by Crippen LogP contribution is -2.40. The van der Waals surface area contributed by atoms with Gasteiger partial charge in [-0.05, 0) is 36.4 Å². The number of nitrogens with zero attached hydrogens (tertiary/aromatic N) is 1. The molecule has 0 saturated carbocycles. The van der Waals surface area contributed by atoms with Gasteiger partial charge in [-0.1, -0.05) is 0 Å². The molecule has 0 bridgehead atoms. The summed E-state index contributed by atoms with van der Waals surface area (Å²) in [6, 6.07) is 7.80. The van der Waals surface area contributed by atoms with Gasteiger partial charge in [0.05, 0.1) is 18.4 Å². The van der Waals surface area contributed by atoms with Crippen molar-refractivity contribution in [2.24, 2.45) is 0 Å². The van der Waals surface area contributed by atoms with Gasteiger partial charge < -0.3 is 25.0 Å². The Balaban J connectivity index is 1.76. The van der Waals surface area contributed by atoms with Crippen molar-refractivity contribution in [2.75, 3.05) is 26.0 Å². The zero-order chi connectivity index (χ0) is 21.2. The third kappa shape index (κ3) is 4.53. The van der Waals surface area contributed by atoms with E-state index >= 15 is 0 Å². The first-order chi connectivity index (χ1) is 13.7. The molecule has 0 aromatic heterocycles. The summed E-state index contributed by atoms with van der Waals surface area (Å²) in [4.78, 5) is 25.3. The van der Waals surface area contributed by atoms with Crippen molar-refractivity contribution in [1.29, 1.82) is 0 Å². The summed E-state index contributed by atoms with van der Waals surface area (Å²) in [5.41, 5.74) is -0.481. The van der Waals surface area contributed by atoms with Gasteiger partial charge in [-0.15, -0.1) is 0 Å². The molecule has 2 aromatic rings. The molecule has 154 valence electrons. The number of carbonyl (C=O) groups excluding carboxylic acids is 2. The minimum absolute atomic E-state index is 0.172. The Morgan fingerprint density at radius 2 is 1.83 bits per heavy atom. The molecule has 10 heteroatoms. The first kappa shape index (κ1) is 20.3. The molecule has 0 spiro atoms. The van der Waals surface area contributed by atoms with Crippen LogP contribution in [-0.2, 0) is 11.0 Å². The van der Waals surface area contributed by atoms with E-state index in [-0.39, 0.29) is 24.1 Å². The molecular weight excluding hydrogens is 391 g/mol. The summed E-state index contributed by atoms with van der Waals surface area (Å²) >= 11 is 0. The summed E-state index contributed by atoms with van der Waals surface area (Å²) in [7, 11) is 2.93. The van der Waals surface area contributed by atoms with Gasteiger partial charge >= 0.3 is 12.2 Å². The van der Waals surface area contributed by atoms with Crippen LogP contribution in [0.3, 0.4) is 0 Å². The highest BCUT2D eigenvalue weighted by Gasteiger charge is 2.33. The predicted octanol–water partition coefficient (Wildman–Crippen LogP) is 3.47. The number of anilines is 1. The largest absolute Gasteiger partial charge is 0.495 e. The fourth-order valence-corrected chi connectivity index (χ4v) is 2.77. The van der Waals surface area contributed by atoms with Crippen molar-refractivity contribution in [3.05, 3.63) is 48.0 Å². The van der Waals surface area contributed by atoms with Crippen molar-refractivity contribution in [3.8, 4) is 17.2 Å². The maximum absolute atomic E-state index is 12.7. The van der Waals surface area contributed by atoms with Crippen molar-refractivity contribution in [3.63, 3.8) is 0 Å². The maximum atomic E-state index is 12.7. The lowest BCUT2D eigenvalue weighted by Gasteiger charge is -2.19. The summed E-state index contributed by atoms with van der Waals surface area (Å²) in [6.07, 6.45) is -4.43. The molecule has 2 aromatic carbocycles. The van der Waals surface area contributed by atoms with Crippen LogP contribution in [0.5, 0.6) is 17.2 Å². The quantitative estimate of drug-likeness (QED) is 0.793. The highest BCUT2D eigenvalue weighted by atomic mass is 19.4. The van der Waals surface area contributed by atoms with E-state index in [0.717, 1.165) is 12.1 Å². The molecule has 3 rings (SSSR count). The number of hydrogen-bond donors (Lipinski definition) is 2. The van der Waals surface area contributed by atoms with Crippen molar-refractivity contribution in [1.82, 2.24) is 10.2 Å². The minimum Gasteiger partial charge on any atom is -0.495 e. The van der Waals surface area contributed by atoms with Crippen LogP contribution in [0.25, 0.3) is 0 Å². The van der Waals surface area contributed by atoms with Gasteiger partial charge in [-0.25, -0.2) is 4.79 Å². The number of ether oxygens (including phenoxy) is 2. The van der Waals surface area contributed by atoms with E-state index in [1.54, 1.807) is 12.1 Å². The number of urea groups is 1. The average molecular weight is 409 g/mol. The molecule has 1 saturated heterocycles. The molecule has 2 N–H and O–H groups in total. The van der Waals surface area contributed by atoms with Gasteiger partial charge in [0, 0.05) is 19.7 Å². The molecule has 1 fully saturated rings. The number of likely N-dealkylation sites (N-methyl/N-ethyl adjacent to an activating group) is 1. The molecule has 0 unspecified atom stereocenters. The Hall–Kier alpha value is -3.43. The zero-order valence-corrected chi connectivity index (χ0v) is 15.5. The van der Waals surface area contributed by atoms with Gasteiger partial charge in [0.1, 0.15) is 23.3 Å². The standard InChI is InChI=1S/C19H18F3N3O4/c1-25-15(10-23-18(25)27)17(26)24-14-9-13(7-8-16(14)28-2)29-12-5-3-11(4-6-12)19(20,21)22/h3-9,15H,10H2,1-2H3,(H,23,27)(H,24,26)/t15-/m1/s1. The van der Waals surface area contributed by atoms with E-state index < -0.39 is 23.7 Å². The number of halogens is 3. The molecule has 0 radical (unpaired) electrons. The van der Waals surface area contributed by atoms with Crippen molar-refractivity contribution < 1.29 is 32.2 Å². The third-order valence-corrected chi connectivity index (χ3v) is 4.38. The number of amides is 3. The number of alkyl halides is 3. The number of hydrogen-bond acceptors (Lipinski definition) is 4. The molecule has 1 heterocycles. The minimum atomic E-state index is -4.43. The maximum Gasteiger partial charge on any atom is 0.416 e. The average Bonchev–Trinajstić information content (AvgIpc) is 3.00. The van der Waals surface area contributed by atoms with Gasteiger partial charge in [0.2, 0.25) is 5.91 Å². The second-order valence-electron chi connectivity index (χ2n) is 6.29. The van der Waals surface area contributed by atoms with Crippen LogP contribution >= 0.6 is 0 Å². The molecule has 7 nitrogen and oxygen atoms in total. The van der Waals surface area contributed by atoms with Gasteiger partial charge in [-0.3, -0.25) is 4.79 Å². The molecule has 3 amide bonds. The van der Waals surface area contributed by atoms with E-state index in [4.69, 9.17) is 9.47 Å². The van der Waals surface area contributed by atoms with Gasteiger partial charge in [0.25, 0.3) is 0 Å². The topological polar surface area (TPSA) is 79.9 Å². The number of nitrogens with one attached hydrogen (secondary N) is 2. The summed E-state index contributed by atoms with van der Waals surface area (Å²) < 4.78 is 48.8. The van der Waals surface area contributed by atoms with Crippen LogP contribution in [0.15, 0.2) is 42.5 Å². The lowest BCUT2D eigenvalue weighted by atomic mass is 10.2. The van der Waals surface area contributed by atoms with Crippen molar-refractivity contribution >= 4 is 17.6 Å². The molecular formula is C19H18F3N3O4. The number of methoxy groups -OCH3 is 1. The van der Waals surface area contributed by atoms with E-state index in [1.165, 1.54) is 37.3 Å². The Morgan fingerprint density at radius 1 is 1.17 bits per heavy atom. The normalized spacial score (nSPS) is 16.4. The predicted molar refractivity (Wildman–Crippen MR) is 98.1 cm³/mol. The summed E-state index contributed by atoms with van der Waals surface area (Å²) in [6.45, 7) is 0.172. The molecule has 1 aliphatic rings. The molecule has 0 aliphatic carbocycles. The fraction of sp³-hybridized carbons (Fsp3) is 0.263. The number of benzene rings is 2. The second-order valence-corrected chi connectivity index (χ2v) is 6.29. The zero-order valence-electron chi connectivity index (χ0n) is 15.5. The lowest BCUT2D eigenvalue weighted by molar-refractivity contribution is -0.137.